The van der Waals surface area contributed by atoms with Gasteiger partial charge >= 0.3 is 5.97 Å². The highest BCUT2D eigenvalue weighted by Crippen LogP contribution is 2.35. The van der Waals surface area contributed by atoms with Crippen LogP contribution in [0.4, 0.5) is 0 Å². The minimum atomic E-state index is -0.788. The van der Waals surface area contributed by atoms with E-state index in [1.165, 1.54) is 0 Å². The largest absolute Gasteiger partial charge is 0.481 e. The van der Waals surface area contributed by atoms with Gasteiger partial charge in [0.2, 0.25) is 0 Å². The van der Waals surface area contributed by atoms with Crippen molar-refractivity contribution in [2.24, 2.45) is 0 Å². The van der Waals surface area contributed by atoms with E-state index in [0.717, 1.165) is 16.7 Å². The Morgan fingerprint density at radius 1 is 1.38 bits per heavy atom. The summed E-state index contributed by atoms with van der Waals surface area (Å²) >= 11 is 6.08. The number of benzene rings is 1. The van der Waals surface area contributed by atoms with Gasteiger partial charge in [-0.3, -0.25) is 4.79 Å². The lowest BCUT2D eigenvalue weighted by atomic mass is 9.77. The van der Waals surface area contributed by atoms with Crippen LogP contribution in [0.25, 0.3) is 0 Å². The van der Waals surface area contributed by atoms with E-state index in [2.05, 4.69) is 0 Å². The molecule has 0 aliphatic carbocycles. The quantitative estimate of drug-likeness (QED) is 0.875. The van der Waals surface area contributed by atoms with Crippen LogP contribution < -0.4 is 0 Å². The number of carbonyl (C=O) groups is 1. The highest BCUT2D eigenvalue weighted by atomic mass is 35.5. The predicted octanol–water partition coefficient (Wildman–Crippen LogP) is 3.71. The summed E-state index contributed by atoms with van der Waals surface area (Å²) in [6.45, 7) is 7.80. The first kappa shape index (κ1) is 13.0. The molecule has 88 valence electrons. The molecule has 1 rings (SSSR count). The number of aryl methyl sites for hydroxylation is 1. The Kier molecular flexibility index (Phi) is 3.64. The van der Waals surface area contributed by atoms with Crippen LogP contribution in [0, 0.1) is 13.8 Å². The number of aliphatic carboxylic acids is 1. The lowest BCUT2D eigenvalue weighted by Gasteiger charge is -2.27. The Balaban J connectivity index is 3.31. The van der Waals surface area contributed by atoms with Gasteiger partial charge in [-0.1, -0.05) is 31.5 Å². The molecule has 0 radical (unpaired) electrons. The van der Waals surface area contributed by atoms with E-state index in [0.29, 0.717) is 5.02 Å². The SMILES string of the molecule is Cc1ccc(Cl)c(C)c1C(C)(C)CC(=O)O. The fourth-order valence-corrected chi connectivity index (χ4v) is 2.49. The summed E-state index contributed by atoms with van der Waals surface area (Å²) in [6, 6.07) is 3.79. The number of carboxylic acids is 1. The molecule has 0 spiro atoms. The number of rotatable bonds is 3. The monoisotopic (exact) mass is 240 g/mol. The smallest absolute Gasteiger partial charge is 0.304 e. The normalized spacial score (nSPS) is 11.6. The van der Waals surface area contributed by atoms with Crippen molar-refractivity contribution >= 4 is 17.6 Å². The predicted molar refractivity (Wildman–Crippen MR) is 66.2 cm³/mol. The molecule has 0 aliphatic rings. The Hall–Kier alpha value is -1.02. The van der Waals surface area contributed by atoms with Crippen molar-refractivity contribution in [1.82, 2.24) is 0 Å². The maximum Gasteiger partial charge on any atom is 0.304 e. The lowest BCUT2D eigenvalue weighted by molar-refractivity contribution is -0.138. The van der Waals surface area contributed by atoms with Crippen LogP contribution in [0.5, 0.6) is 0 Å². The summed E-state index contributed by atoms with van der Waals surface area (Å²) in [7, 11) is 0. The van der Waals surface area contributed by atoms with Crippen molar-refractivity contribution in [2.45, 2.75) is 39.5 Å². The summed E-state index contributed by atoms with van der Waals surface area (Å²) in [5, 5.41) is 9.62. The molecule has 0 unspecified atom stereocenters. The van der Waals surface area contributed by atoms with Crippen molar-refractivity contribution in [3.63, 3.8) is 0 Å². The molecule has 16 heavy (non-hydrogen) atoms. The average Bonchev–Trinajstić information content (AvgIpc) is 2.09. The van der Waals surface area contributed by atoms with Gasteiger partial charge in [-0.2, -0.15) is 0 Å². The van der Waals surface area contributed by atoms with E-state index < -0.39 is 11.4 Å². The molecule has 0 heterocycles. The second-order valence-electron chi connectivity index (χ2n) is 4.82. The standard InChI is InChI=1S/C13H17ClO2/c1-8-5-6-10(14)9(2)12(8)13(3,4)7-11(15)16/h5-6H,7H2,1-4H3,(H,15,16). The van der Waals surface area contributed by atoms with E-state index >= 15 is 0 Å². The Morgan fingerprint density at radius 2 is 1.94 bits per heavy atom. The third kappa shape index (κ3) is 2.56. The Labute approximate surface area is 101 Å². The summed E-state index contributed by atoms with van der Waals surface area (Å²) in [6.07, 6.45) is 0.106. The molecule has 1 aromatic rings. The Morgan fingerprint density at radius 3 is 2.44 bits per heavy atom. The molecule has 2 nitrogen and oxygen atoms in total. The zero-order chi connectivity index (χ0) is 12.5. The first-order chi connectivity index (χ1) is 7.25. The number of hydrogen-bond donors (Lipinski definition) is 1. The minimum Gasteiger partial charge on any atom is -0.481 e. The third-order valence-corrected chi connectivity index (χ3v) is 3.29. The topological polar surface area (TPSA) is 37.3 Å². The average molecular weight is 241 g/mol. The number of halogens is 1. The van der Waals surface area contributed by atoms with Gasteiger partial charge in [0.25, 0.3) is 0 Å². The zero-order valence-electron chi connectivity index (χ0n) is 10.1. The van der Waals surface area contributed by atoms with Gasteiger partial charge in [-0.25, -0.2) is 0 Å². The van der Waals surface area contributed by atoms with Gasteiger partial charge in [0, 0.05) is 10.4 Å². The van der Waals surface area contributed by atoms with Crippen molar-refractivity contribution in [2.75, 3.05) is 0 Å². The number of hydrogen-bond acceptors (Lipinski definition) is 1. The number of carboxylic acid groups (broad SMARTS) is 1. The summed E-state index contributed by atoms with van der Waals surface area (Å²) in [4.78, 5) is 10.9. The molecule has 0 aromatic heterocycles. The van der Waals surface area contributed by atoms with Gasteiger partial charge in [-0.05, 0) is 36.6 Å². The maximum absolute atomic E-state index is 10.9. The van der Waals surface area contributed by atoms with Gasteiger partial charge in [0.1, 0.15) is 0 Å². The summed E-state index contributed by atoms with van der Waals surface area (Å²) in [5.41, 5.74) is 2.72. The van der Waals surface area contributed by atoms with E-state index in [1.54, 1.807) is 0 Å². The van der Waals surface area contributed by atoms with Crippen LogP contribution >= 0.6 is 11.6 Å². The Bertz CT molecular complexity index is 422. The fourth-order valence-electron chi connectivity index (χ4n) is 2.33. The van der Waals surface area contributed by atoms with Crippen molar-refractivity contribution in [3.8, 4) is 0 Å². The minimum absolute atomic E-state index is 0.106. The molecule has 3 heteroatoms. The van der Waals surface area contributed by atoms with Crippen LogP contribution in [-0.2, 0) is 10.2 Å². The molecule has 0 atom stereocenters. The van der Waals surface area contributed by atoms with Crippen molar-refractivity contribution < 1.29 is 9.90 Å². The molecule has 1 aromatic carbocycles. The van der Waals surface area contributed by atoms with Crippen molar-refractivity contribution in [3.05, 3.63) is 33.8 Å². The van der Waals surface area contributed by atoms with Crippen LogP contribution in [0.1, 0.15) is 37.0 Å². The molecule has 0 bridgehead atoms. The van der Waals surface area contributed by atoms with E-state index in [1.807, 2.05) is 39.8 Å². The molecular weight excluding hydrogens is 224 g/mol. The second-order valence-corrected chi connectivity index (χ2v) is 5.23. The first-order valence-corrected chi connectivity index (χ1v) is 5.61. The fraction of sp³-hybridized carbons (Fsp3) is 0.462. The molecule has 0 aliphatic heterocycles. The highest BCUT2D eigenvalue weighted by molar-refractivity contribution is 6.31. The lowest BCUT2D eigenvalue weighted by Crippen LogP contribution is -2.24. The molecule has 0 saturated carbocycles. The summed E-state index contributed by atoms with van der Waals surface area (Å²) < 4.78 is 0. The van der Waals surface area contributed by atoms with Crippen LogP contribution in [0.3, 0.4) is 0 Å². The van der Waals surface area contributed by atoms with Crippen molar-refractivity contribution in [1.29, 1.82) is 0 Å². The van der Waals surface area contributed by atoms with Gasteiger partial charge in [-0.15, -0.1) is 0 Å². The highest BCUT2D eigenvalue weighted by Gasteiger charge is 2.28. The molecule has 0 saturated heterocycles. The first-order valence-electron chi connectivity index (χ1n) is 5.23. The second kappa shape index (κ2) is 4.46. The van der Waals surface area contributed by atoms with Gasteiger partial charge < -0.3 is 5.11 Å². The van der Waals surface area contributed by atoms with Gasteiger partial charge in [0.15, 0.2) is 0 Å². The molecule has 1 N–H and O–H groups in total. The third-order valence-electron chi connectivity index (χ3n) is 2.88. The van der Waals surface area contributed by atoms with Gasteiger partial charge in [0.05, 0.1) is 6.42 Å². The van der Waals surface area contributed by atoms with Crippen LogP contribution in [0.15, 0.2) is 12.1 Å². The van der Waals surface area contributed by atoms with Crippen LogP contribution in [-0.4, -0.2) is 11.1 Å². The van der Waals surface area contributed by atoms with Crippen LogP contribution in [0.2, 0.25) is 5.02 Å². The maximum atomic E-state index is 10.9. The molecular formula is C13H17ClO2. The zero-order valence-corrected chi connectivity index (χ0v) is 10.9. The van der Waals surface area contributed by atoms with E-state index in [9.17, 15) is 4.79 Å². The molecule has 0 amide bonds. The van der Waals surface area contributed by atoms with E-state index in [-0.39, 0.29) is 6.42 Å². The van der Waals surface area contributed by atoms with E-state index in [4.69, 9.17) is 16.7 Å². The molecule has 0 fully saturated rings. The summed E-state index contributed by atoms with van der Waals surface area (Å²) in [5.74, 6) is -0.788.